The first-order valence-electron chi connectivity index (χ1n) is 5.43. The van der Waals surface area contributed by atoms with E-state index in [-0.39, 0.29) is 23.5 Å². The maximum absolute atomic E-state index is 6.39. The van der Waals surface area contributed by atoms with E-state index in [1.165, 1.54) is 17.7 Å². The Hall–Kier alpha value is 0.500. The van der Waals surface area contributed by atoms with Crippen LogP contribution in [0.3, 0.4) is 0 Å². The summed E-state index contributed by atoms with van der Waals surface area (Å²) in [6.45, 7) is 8.93. The van der Waals surface area contributed by atoms with Crippen molar-refractivity contribution >= 4 is 11.8 Å². The molecule has 4 heteroatoms. The zero-order chi connectivity index (χ0) is 11.1. The molecular weight excluding hydrogens is 231 g/mol. The van der Waals surface area contributed by atoms with Gasteiger partial charge in [-0.3, -0.25) is 0 Å². The SMILES string of the molecule is C[NH+](C)C1CC(C)(C)N(Cl)C(C)(C)C1.[Cl-]. The van der Waals surface area contributed by atoms with E-state index in [2.05, 4.69) is 41.8 Å². The molecule has 0 aliphatic carbocycles. The minimum Gasteiger partial charge on any atom is -1.00 e. The molecule has 1 rings (SSSR count). The van der Waals surface area contributed by atoms with E-state index in [9.17, 15) is 0 Å². The number of hydrogen-bond acceptors (Lipinski definition) is 1. The molecule has 1 N–H and O–H groups in total. The van der Waals surface area contributed by atoms with Gasteiger partial charge in [0.2, 0.25) is 0 Å². The van der Waals surface area contributed by atoms with Crippen molar-refractivity contribution in [2.75, 3.05) is 14.1 Å². The van der Waals surface area contributed by atoms with Gasteiger partial charge in [-0.2, -0.15) is 0 Å². The van der Waals surface area contributed by atoms with Gasteiger partial charge in [0.05, 0.1) is 20.1 Å². The molecule has 92 valence electrons. The van der Waals surface area contributed by atoms with Gasteiger partial charge in [0.15, 0.2) is 0 Å². The second-order valence-electron chi connectivity index (χ2n) is 6.09. The summed E-state index contributed by atoms with van der Waals surface area (Å²) in [6.07, 6.45) is 2.34. The van der Waals surface area contributed by atoms with E-state index in [4.69, 9.17) is 11.8 Å². The van der Waals surface area contributed by atoms with E-state index in [0.717, 1.165) is 6.04 Å². The highest BCUT2D eigenvalue weighted by Gasteiger charge is 2.46. The summed E-state index contributed by atoms with van der Waals surface area (Å²) in [5.41, 5.74) is 0.205. The molecule has 0 aromatic rings. The Balaban J connectivity index is 0.00000196. The average molecular weight is 255 g/mol. The zero-order valence-corrected chi connectivity index (χ0v) is 12.2. The van der Waals surface area contributed by atoms with E-state index in [1.54, 1.807) is 0 Å². The fraction of sp³-hybridized carbons (Fsp3) is 1.00. The fourth-order valence-electron chi connectivity index (χ4n) is 2.67. The number of piperidine rings is 1. The van der Waals surface area contributed by atoms with E-state index in [0.29, 0.717) is 0 Å². The normalized spacial score (nSPS) is 26.4. The van der Waals surface area contributed by atoms with E-state index in [1.807, 2.05) is 4.42 Å². The molecule has 1 aliphatic heterocycles. The Morgan fingerprint density at radius 3 is 1.67 bits per heavy atom. The van der Waals surface area contributed by atoms with Crippen LogP contribution in [0.15, 0.2) is 0 Å². The van der Waals surface area contributed by atoms with Crippen LogP contribution < -0.4 is 17.3 Å². The average Bonchev–Trinajstić information content (AvgIpc) is 1.98. The Morgan fingerprint density at radius 2 is 1.40 bits per heavy atom. The molecule has 0 atom stereocenters. The predicted molar refractivity (Wildman–Crippen MR) is 61.7 cm³/mol. The minimum absolute atomic E-state index is 0. The summed E-state index contributed by atoms with van der Waals surface area (Å²) in [5, 5.41) is 0. The lowest BCUT2D eigenvalue weighted by molar-refractivity contribution is -0.888. The number of hydrogen-bond donors (Lipinski definition) is 1. The monoisotopic (exact) mass is 254 g/mol. The predicted octanol–water partition coefficient (Wildman–Crippen LogP) is -1.69. The third kappa shape index (κ3) is 3.23. The van der Waals surface area contributed by atoms with Crippen molar-refractivity contribution in [1.29, 1.82) is 0 Å². The lowest BCUT2D eigenvalue weighted by Crippen LogP contribution is -3.11. The number of nitrogens with one attached hydrogen (secondary N) is 1. The summed E-state index contributed by atoms with van der Waals surface area (Å²) in [6, 6.07) is 0.718. The van der Waals surface area contributed by atoms with Crippen molar-refractivity contribution in [2.45, 2.75) is 57.7 Å². The first-order chi connectivity index (χ1) is 6.17. The fourth-order valence-corrected chi connectivity index (χ4v) is 2.80. The smallest absolute Gasteiger partial charge is 0.0906 e. The van der Waals surface area contributed by atoms with Crippen LogP contribution in [0.25, 0.3) is 0 Å². The highest BCUT2D eigenvalue weighted by Crippen LogP contribution is 2.38. The molecule has 1 saturated heterocycles. The number of quaternary nitrogens is 1. The quantitative estimate of drug-likeness (QED) is 0.549. The van der Waals surface area contributed by atoms with Crippen molar-refractivity contribution in [3.63, 3.8) is 0 Å². The van der Waals surface area contributed by atoms with Gasteiger partial charge in [-0.05, 0) is 39.5 Å². The first-order valence-corrected chi connectivity index (χ1v) is 5.77. The second-order valence-corrected chi connectivity index (χ2v) is 6.43. The van der Waals surface area contributed by atoms with Gasteiger partial charge in [0, 0.05) is 23.9 Å². The molecule has 2 nitrogen and oxygen atoms in total. The Labute approximate surface area is 105 Å². The van der Waals surface area contributed by atoms with Gasteiger partial charge in [-0.15, -0.1) is 0 Å². The first kappa shape index (κ1) is 15.5. The van der Waals surface area contributed by atoms with Gasteiger partial charge in [-0.25, -0.2) is 4.42 Å². The Bertz CT molecular complexity index is 197. The molecule has 1 heterocycles. The van der Waals surface area contributed by atoms with E-state index < -0.39 is 0 Å². The molecule has 0 saturated carbocycles. The highest BCUT2D eigenvalue weighted by atomic mass is 35.5. The molecule has 0 spiro atoms. The molecule has 1 aliphatic rings. The van der Waals surface area contributed by atoms with Gasteiger partial charge >= 0.3 is 0 Å². The molecule has 0 amide bonds. The van der Waals surface area contributed by atoms with Crippen LogP contribution in [0.5, 0.6) is 0 Å². The summed E-state index contributed by atoms with van der Waals surface area (Å²) < 4.78 is 2.01. The van der Waals surface area contributed by atoms with Crippen molar-refractivity contribution in [3.8, 4) is 0 Å². The molecule has 0 unspecified atom stereocenters. The van der Waals surface area contributed by atoms with Crippen LogP contribution in [0.1, 0.15) is 40.5 Å². The highest BCUT2D eigenvalue weighted by molar-refractivity contribution is 6.14. The lowest BCUT2D eigenvalue weighted by Gasteiger charge is -2.51. The molecule has 0 bridgehead atoms. The topological polar surface area (TPSA) is 7.68 Å². The van der Waals surface area contributed by atoms with Crippen LogP contribution in [-0.2, 0) is 0 Å². The van der Waals surface area contributed by atoms with Crippen molar-refractivity contribution < 1.29 is 17.3 Å². The lowest BCUT2D eigenvalue weighted by atomic mass is 9.79. The Kier molecular flexibility index (Phi) is 4.94. The van der Waals surface area contributed by atoms with Gasteiger partial charge < -0.3 is 17.3 Å². The standard InChI is InChI=1S/C11H23ClN2.ClH/c1-10(2)7-9(13(5)6)8-11(3,4)14(10)12;/h9H,7-8H2,1-6H3;1H. The van der Waals surface area contributed by atoms with Crippen LogP contribution in [0.4, 0.5) is 0 Å². The maximum atomic E-state index is 6.39. The Morgan fingerprint density at radius 1 is 1.07 bits per heavy atom. The summed E-state index contributed by atoms with van der Waals surface area (Å²) >= 11 is 6.39. The number of rotatable bonds is 1. The largest absolute Gasteiger partial charge is 1.00 e. The summed E-state index contributed by atoms with van der Waals surface area (Å²) in [4.78, 5) is 1.54. The van der Waals surface area contributed by atoms with Crippen molar-refractivity contribution in [3.05, 3.63) is 0 Å². The second kappa shape index (κ2) is 4.79. The van der Waals surface area contributed by atoms with Gasteiger partial charge in [-0.1, -0.05) is 0 Å². The van der Waals surface area contributed by atoms with Crippen molar-refractivity contribution in [2.24, 2.45) is 0 Å². The van der Waals surface area contributed by atoms with Crippen LogP contribution in [-0.4, -0.2) is 35.6 Å². The molecule has 0 aromatic carbocycles. The minimum atomic E-state index is 0. The molecule has 0 aromatic heterocycles. The zero-order valence-electron chi connectivity index (χ0n) is 10.7. The van der Waals surface area contributed by atoms with Crippen molar-refractivity contribution in [1.82, 2.24) is 4.42 Å². The summed E-state index contributed by atoms with van der Waals surface area (Å²) in [7, 11) is 4.47. The van der Waals surface area contributed by atoms with Gasteiger partial charge in [0.25, 0.3) is 0 Å². The van der Waals surface area contributed by atoms with Crippen LogP contribution in [0.2, 0.25) is 0 Å². The summed E-state index contributed by atoms with van der Waals surface area (Å²) in [5.74, 6) is 0. The molecular formula is C11H24Cl2N2. The van der Waals surface area contributed by atoms with Crippen LogP contribution >= 0.6 is 11.8 Å². The van der Waals surface area contributed by atoms with E-state index >= 15 is 0 Å². The number of nitrogens with zero attached hydrogens (tertiary/aromatic N) is 1. The molecule has 1 fully saturated rings. The maximum Gasteiger partial charge on any atom is 0.0906 e. The van der Waals surface area contributed by atoms with Crippen LogP contribution in [0, 0.1) is 0 Å². The van der Waals surface area contributed by atoms with Gasteiger partial charge in [0.1, 0.15) is 0 Å². The third-order valence-electron chi connectivity index (χ3n) is 3.37. The third-order valence-corrected chi connectivity index (χ3v) is 4.29. The number of halogens is 2. The molecule has 15 heavy (non-hydrogen) atoms. The molecule has 0 radical (unpaired) electrons.